The summed E-state index contributed by atoms with van der Waals surface area (Å²) in [5.41, 5.74) is 1.07. The molecule has 0 saturated heterocycles. The first-order valence-electron chi connectivity index (χ1n) is 6.32. The molecule has 1 saturated carbocycles. The summed E-state index contributed by atoms with van der Waals surface area (Å²) in [7, 11) is -4.48. The minimum Gasteiger partial charge on any atom is -0.269 e. The Morgan fingerprint density at radius 2 is 2.00 bits per heavy atom. The maximum Gasteiger partial charge on any atom is 0.306 e. The Labute approximate surface area is 107 Å². The van der Waals surface area contributed by atoms with E-state index in [0.717, 1.165) is 18.8 Å². The van der Waals surface area contributed by atoms with Crippen LogP contribution in [-0.2, 0) is 16.0 Å². The molecule has 0 bridgehead atoms. The van der Waals surface area contributed by atoms with Gasteiger partial charge < -0.3 is 0 Å². The number of rotatable bonds is 3. The molecule has 0 N–H and O–H groups in total. The fourth-order valence-corrected chi connectivity index (χ4v) is 3.20. The van der Waals surface area contributed by atoms with Gasteiger partial charge in [0.1, 0.15) is 5.75 Å². The van der Waals surface area contributed by atoms with E-state index in [2.05, 4.69) is 12.0 Å². The monoisotopic (exact) mass is 274 g/mol. The fraction of sp³-hybridized carbons (Fsp3) is 0.750. The first kappa shape index (κ1) is 13.5. The predicted molar refractivity (Wildman–Crippen MR) is 67.4 cm³/mol. The third-order valence-electron chi connectivity index (χ3n) is 3.71. The van der Waals surface area contributed by atoms with Crippen molar-refractivity contribution in [2.24, 2.45) is 5.92 Å². The molecule has 0 atom stereocenters. The Kier molecular flexibility index (Phi) is 3.75. The summed E-state index contributed by atoms with van der Waals surface area (Å²) >= 11 is 0. The Morgan fingerprint density at radius 1 is 1.39 bits per heavy atom. The molecule has 0 aliphatic heterocycles. The first-order valence-corrected chi connectivity index (χ1v) is 7.87. The molecule has 1 aromatic heterocycles. The van der Waals surface area contributed by atoms with Crippen molar-refractivity contribution >= 4 is 10.2 Å². The molecule has 0 amide bonds. The molecule has 0 spiro atoms. The maximum absolute atomic E-state index is 12.7. The largest absolute Gasteiger partial charge is 0.306 e. The van der Waals surface area contributed by atoms with E-state index >= 15 is 0 Å². The summed E-state index contributed by atoms with van der Waals surface area (Å²) in [5.74, 6) is 0.186. The van der Waals surface area contributed by atoms with E-state index in [0.29, 0.717) is 17.3 Å². The van der Waals surface area contributed by atoms with Crippen LogP contribution in [0.25, 0.3) is 0 Å². The highest BCUT2D eigenvalue weighted by molar-refractivity contribution is 7.85. The predicted octanol–water partition coefficient (Wildman–Crippen LogP) is 2.74. The molecular weight excluding hydrogens is 255 g/mol. The third-order valence-corrected chi connectivity index (χ3v) is 4.36. The SMILES string of the molecule is Cc1nn(C2CCC(C)CC2)cc1CS(=O)(=O)F. The highest BCUT2D eigenvalue weighted by Gasteiger charge is 2.22. The zero-order chi connectivity index (χ0) is 13.3. The fourth-order valence-electron chi connectivity index (χ4n) is 2.54. The summed E-state index contributed by atoms with van der Waals surface area (Å²) in [6.45, 7) is 3.97. The molecular formula is C12H19FN2O2S. The maximum atomic E-state index is 12.7. The number of halogens is 1. The molecule has 1 heterocycles. The van der Waals surface area contributed by atoms with Crippen molar-refractivity contribution in [3.63, 3.8) is 0 Å². The average Bonchev–Trinajstić information content (AvgIpc) is 2.59. The van der Waals surface area contributed by atoms with Crippen molar-refractivity contribution in [3.05, 3.63) is 17.5 Å². The van der Waals surface area contributed by atoms with Gasteiger partial charge in [-0.25, -0.2) is 0 Å². The number of hydrogen-bond donors (Lipinski definition) is 0. The van der Waals surface area contributed by atoms with Gasteiger partial charge in [-0.05, 0) is 38.5 Å². The molecule has 6 heteroatoms. The summed E-state index contributed by atoms with van der Waals surface area (Å²) < 4.78 is 35.9. The second-order valence-electron chi connectivity index (χ2n) is 5.32. The lowest BCUT2D eigenvalue weighted by atomic mass is 9.87. The molecule has 2 rings (SSSR count). The second kappa shape index (κ2) is 4.99. The van der Waals surface area contributed by atoms with Crippen LogP contribution in [0, 0.1) is 12.8 Å². The first-order chi connectivity index (χ1) is 8.35. The van der Waals surface area contributed by atoms with Crippen molar-refractivity contribution in [3.8, 4) is 0 Å². The van der Waals surface area contributed by atoms with Gasteiger partial charge in [0.15, 0.2) is 0 Å². The topological polar surface area (TPSA) is 52.0 Å². The molecule has 102 valence electrons. The van der Waals surface area contributed by atoms with Gasteiger partial charge in [-0.1, -0.05) is 6.92 Å². The minimum atomic E-state index is -4.48. The molecule has 0 unspecified atom stereocenters. The Hall–Kier alpha value is -0.910. The molecule has 18 heavy (non-hydrogen) atoms. The van der Waals surface area contributed by atoms with E-state index in [1.54, 1.807) is 13.1 Å². The lowest BCUT2D eigenvalue weighted by molar-refractivity contribution is 0.273. The van der Waals surface area contributed by atoms with Crippen LogP contribution >= 0.6 is 0 Å². The minimum absolute atomic E-state index is 0.330. The average molecular weight is 274 g/mol. The van der Waals surface area contributed by atoms with Crippen molar-refractivity contribution in [2.75, 3.05) is 0 Å². The lowest BCUT2D eigenvalue weighted by Gasteiger charge is -2.26. The molecule has 0 radical (unpaired) electrons. The van der Waals surface area contributed by atoms with Gasteiger partial charge in [-0.15, -0.1) is 3.89 Å². The van der Waals surface area contributed by atoms with Crippen LogP contribution < -0.4 is 0 Å². The number of nitrogens with zero attached hydrogens (tertiary/aromatic N) is 2. The van der Waals surface area contributed by atoms with Gasteiger partial charge >= 0.3 is 10.2 Å². The van der Waals surface area contributed by atoms with E-state index in [-0.39, 0.29) is 0 Å². The van der Waals surface area contributed by atoms with Crippen LogP contribution in [0.15, 0.2) is 6.20 Å². The Balaban J connectivity index is 2.13. The molecule has 0 aromatic carbocycles. The van der Waals surface area contributed by atoms with Gasteiger partial charge in [0, 0.05) is 11.8 Å². The highest BCUT2D eigenvalue weighted by Crippen LogP contribution is 2.31. The van der Waals surface area contributed by atoms with Crippen LogP contribution in [0.2, 0.25) is 0 Å². The molecule has 1 fully saturated rings. The molecule has 1 aliphatic rings. The number of hydrogen-bond acceptors (Lipinski definition) is 3. The summed E-state index contributed by atoms with van der Waals surface area (Å²) in [5, 5.41) is 4.33. The van der Waals surface area contributed by atoms with Crippen molar-refractivity contribution < 1.29 is 12.3 Å². The van der Waals surface area contributed by atoms with Crippen molar-refractivity contribution in [1.82, 2.24) is 9.78 Å². The van der Waals surface area contributed by atoms with Gasteiger partial charge in [-0.2, -0.15) is 13.5 Å². The summed E-state index contributed by atoms with van der Waals surface area (Å²) in [4.78, 5) is 0. The van der Waals surface area contributed by atoms with Gasteiger partial charge in [0.25, 0.3) is 0 Å². The third kappa shape index (κ3) is 3.31. The second-order valence-corrected chi connectivity index (χ2v) is 6.68. The van der Waals surface area contributed by atoms with Crippen molar-refractivity contribution in [1.29, 1.82) is 0 Å². The zero-order valence-corrected chi connectivity index (χ0v) is 11.6. The molecule has 1 aromatic rings. The van der Waals surface area contributed by atoms with E-state index in [1.807, 2.05) is 4.68 Å². The standard InChI is InChI=1S/C12H19FN2O2S/c1-9-3-5-12(6-4-9)15-7-11(10(2)14-15)8-18(13,16)17/h7,9,12H,3-6,8H2,1-2H3. The number of aryl methyl sites for hydroxylation is 1. The van der Waals surface area contributed by atoms with Gasteiger partial charge in [-0.3, -0.25) is 4.68 Å². The normalized spacial score (nSPS) is 25.3. The molecule has 1 aliphatic carbocycles. The van der Waals surface area contributed by atoms with E-state index in [4.69, 9.17) is 0 Å². The lowest BCUT2D eigenvalue weighted by Crippen LogP contribution is -2.17. The van der Waals surface area contributed by atoms with E-state index < -0.39 is 16.0 Å². The van der Waals surface area contributed by atoms with Crippen LogP contribution in [-0.4, -0.2) is 18.2 Å². The molecule has 4 nitrogen and oxygen atoms in total. The van der Waals surface area contributed by atoms with E-state index in [9.17, 15) is 12.3 Å². The van der Waals surface area contributed by atoms with Crippen LogP contribution in [0.4, 0.5) is 3.89 Å². The summed E-state index contributed by atoms with van der Waals surface area (Å²) in [6.07, 6.45) is 6.14. The van der Waals surface area contributed by atoms with Gasteiger partial charge in [0.05, 0.1) is 11.7 Å². The quantitative estimate of drug-likeness (QED) is 0.796. The van der Waals surface area contributed by atoms with Crippen LogP contribution in [0.1, 0.15) is 49.9 Å². The smallest absolute Gasteiger partial charge is 0.269 e. The summed E-state index contributed by atoms with van der Waals surface area (Å²) in [6, 6.07) is 0.330. The van der Waals surface area contributed by atoms with Crippen LogP contribution in [0.3, 0.4) is 0 Å². The van der Waals surface area contributed by atoms with E-state index in [1.165, 1.54) is 12.8 Å². The number of aromatic nitrogens is 2. The Morgan fingerprint density at radius 3 is 2.56 bits per heavy atom. The highest BCUT2D eigenvalue weighted by atomic mass is 32.3. The van der Waals surface area contributed by atoms with Crippen LogP contribution in [0.5, 0.6) is 0 Å². The zero-order valence-electron chi connectivity index (χ0n) is 10.8. The van der Waals surface area contributed by atoms with Crippen molar-refractivity contribution in [2.45, 2.75) is 51.3 Å². The Bertz CT molecular complexity index is 516. The van der Waals surface area contributed by atoms with Gasteiger partial charge in [0.2, 0.25) is 0 Å².